The molecule has 1 aliphatic heterocycles. The molecule has 7 heteroatoms. The zero-order valence-corrected chi connectivity index (χ0v) is 16.6. The minimum atomic E-state index is -0.761. The summed E-state index contributed by atoms with van der Waals surface area (Å²) in [5, 5.41) is 2.13. The fraction of sp³-hybridized carbons (Fsp3) is 0.500. The fourth-order valence-electron chi connectivity index (χ4n) is 3.94. The molecule has 0 bridgehead atoms. The van der Waals surface area contributed by atoms with Gasteiger partial charge in [0, 0.05) is 18.8 Å². The maximum absolute atomic E-state index is 11.6. The van der Waals surface area contributed by atoms with Gasteiger partial charge in [0.15, 0.2) is 12.0 Å². The number of ether oxygens (including phenoxy) is 2. The van der Waals surface area contributed by atoms with Gasteiger partial charge in [0.25, 0.3) is 5.91 Å². The number of hydrogen-bond acceptors (Lipinski definition) is 6. The number of aryl methyl sites for hydroxylation is 1. The number of cyclic esters (lactones) is 1. The molecule has 4 rings (SSSR count). The highest BCUT2D eigenvalue weighted by Gasteiger charge is 2.32. The third kappa shape index (κ3) is 4.78. The van der Waals surface area contributed by atoms with Crippen LogP contribution in [0.2, 0.25) is 0 Å². The van der Waals surface area contributed by atoms with Crippen LogP contribution in [0, 0.1) is 6.92 Å². The van der Waals surface area contributed by atoms with E-state index in [2.05, 4.69) is 5.32 Å². The zero-order valence-electron chi connectivity index (χ0n) is 16.6. The maximum atomic E-state index is 11.6. The summed E-state index contributed by atoms with van der Waals surface area (Å²) in [5.41, 5.74) is 1.87. The summed E-state index contributed by atoms with van der Waals surface area (Å²) >= 11 is 0. The molecule has 1 aromatic heterocycles. The van der Waals surface area contributed by atoms with Crippen molar-refractivity contribution in [3.8, 4) is 5.75 Å². The van der Waals surface area contributed by atoms with Crippen LogP contribution in [-0.2, 0) is 22.4 Å². The quantitative estimate of drug-likeness (QED) is 0.762. The number of nitrogens with zero attached hydrogens (tertiary/aromatic N) is 1. The number of carbonyl (C=O) groups is 2. The summed E-state index contributed by atoms with van der Waals surface area (Å²) in [7, 11) is 0. The predicted molar refractivity (Wildman–Crippen MR) is 105 cm³/mol. The summed E-state index contributed by atoms with van der Waals surface area (Å²) in [6, 6.07) is 7.45. The number of amides is 2. The first-order chi connectivity index (χ1) is 14.1. The van der Waals surface area contributed by atoms with Crippen LogP contribution in [0.3, 0.4) is 0 Å². The molecule has 1 saturated heterocycles. The molecule has 1 aliphatic carbocycles. The van der Waals surface area contributed by atoms with Crippen molar-refractivity contribution in [1.82, 2.24) is 10.3 Å². The second kappa shape index (κ2) is 8.68. The molecule has 1 N–H and O–H groups in total. The lowest BCUT2D eigenvalue weighted by molar-refractivity contribution is -0.123. The van der Waals surface area contributed by atoms with E-state index < -0.39 is 18.1 Å². The summed E-state index contributed by atoms with van der Waals surface area (Å²) in [5.74, 6) is 2.58. The first-order valence-electron chi connectivity index (χ1n) is 10.3. The molecule has 2 amide bonds. The number of rotatable bonds is 7. The third-order valence-corrected chi connectivity index (χ3v) is 5.58. The molecule has 2 aromatic rings. The van der Waals surface area contributed by atoms with Crippen LogP contribution in [0.4, 0.5) is 4.79 Å². The van der Waals surface area contributed by atoms with Crippen molar-refractivity contribution in [2.45, 2.75) is 63.9 Å². The van der Waals surface area contributed by atoms with E-state index in [0.717, 1.165) is 28.7 Å². The number of aromatic nitrogens is 1. The fourth-order valence-corrected chi connectivity index (χ4v) is 3.94. The van der Waals surface area contributed by atoms with Crippen LogP contribution < -0.4 is 10.1 Å². The standard InChI is InChI=1S/C22H26N2O5/c1-14-18(23-21(28-14)16-5-3-2-4-6-16)11-12-27-17-9-7-15(8-10-17)13-19-20(25)24-22(26)29-19/h7-10,16,19H,2-6,11-13H2,1H3,(H,24,25,26). The van der Waals surface area contributed by atoms with E-state index in [4.69, 9.17) is 18.9 Å². The highest BCUT2D eigenvalue weighted by atomic mass is 16.6. The molecule has 2 fully saturated rings. The summed E-state index contributed by atoms with van der Waals surface area (Å²) < 4.78 is 16.7. The molecule has 154 valence electrons. The van der Waals surface area contributed by atoms with Gasteiger partial charge in [-0.2, -0.15) is 0 Å². The van der Waals surface area contributed by atoms with Crippen molar-refractivity contribution in [1.29, 1.82) is 0 Å². The van der Waals surface area contributed by atoms with Crippen LogP contribution >= 0.6 is 0 Å². The molecule has 0 radical (unpaired) electrons. The molecule has 0 spiro atoms. The van der Waals surface area contributed by atoms with Crippen LogP contribution in [0.15, 0.2) is 28.7 Å². The minimum Gasteiger partial charge on any atom is -0.493 e. The summed E-state index contributed by atoms with van der Waals surface area (Å²) in [4.78, 5) is 27.4. The number of hydrogen-bond donors (Lipinski definition) is 1. The monoisotopic (exact) mass is 398 g/mol. The van der Waals surface area contributed by atoms with Gasteiger partial charge in [-0.1, -0.05) is 31.4 Å². The average Bonchev–Trinajstić information content (AvgIpc) is 3.25. The van der Waals surface area contributed by atoms with E-state index in [9.17, 15) is 9.59 Å². The number of carbonyl (C=O) groups excluding carboxylic acids is 2. The Kier molecular flexibility index (Phi) is 5.83. The molecule has 1 atom stereocenters. The Hall–Kier alpha value is -2.83. The summed E-state index contributed by atoms with van der Waals surface area (Å²) in [6.07, 6.45) is 5.77. The molecule has 1 aromatic carbocycles. The van der Waals surface area contributed by atoms with Gasteiger partial charge in [-0.05, 0) is 37.5 Å². The van der Waals surface area contributed by atoms with Gasteiger partial charge >= 0.3 is 6.09 Å². The van der Waals surface area contributed by atoms with Crippen LogP contribution in [0.1, 0.15) is 60.9 Å². The number of alkyl carbamates (subject to hydrolysis) is 1. The van der Waals surface area contributed by atoms with Gasteiger partial charge in [0.2, 0.25) is 0 Å². The van der Waals surface area contributed by atoms with E-state index in [1.54, 1.807) is 0 Å². The molecule has 29 heavy (non-hydrogen) atoms. The van der Waals surface area contributed by atoms with E-state index in [1.807, 2.05) is 31.2 Å². The Labute approximate surface area is 169 Å². The van der Waals surface area contributed by atoms with Crippen molar-refractivity contribution in [2.75, 3.05) is 6.61 Å². The predicted octanol–water partition coefficient (Wildman–Crippen LogP) is 3.83. The molecule has 1 saturated carbocycles. The van der Waals surface area contributed by atoms with Crippen molar-refractivity contribution < 1.29 is 23.5 Å². The highest BCUT2D eigenvalue weighted by Crippen LogP contribution is 2.33. The number of oxazole rings is 1. The summed E-state index contributed by atoms with van der Waals surface area (Å²) in [6.45, 7) is 2.48. The lowest BCUT2D eigenvalue weighted by Gasteiger charge is -2.17. The Morgan fingerprint density at radius 1 is 1.14 bits per heavy atom. The molecule has 1 unspecified atom stereocenters. The first kappa shape index (κ1) is 19.5. The van der Waals surface area contributed by atoms with E-state index in [-0.39, 0.29) is 0 Å². The van der Waals surface area contributed by atoms with Crippen molar-refractivity contribution >= 4 is 12.0 Å². The SMILES string of the molecule is Cc1oc(C2CCCCC2)nc1CCOc1ccc(CC2OC(=O)NC2=O)cc1. The van der Waals surface area contributed by atoms with E-state index >= 15 is 0 Å². The maximum Gasteiger partial charge on any atom is 0.414 e. The second-order valence-corrected chi connectivity index (χ2v) is 7.72. The van der Waals surface area contributed by atoms with Gasteiger partial charge in [-0.3, -0.25) is 10.1 Å². The Balaban J connectivity index is 1.27. The van der Waals surface area contributed by atoms with Gasteiger partial charge in [-0.15, -0.1) is 0 Å². The zero-order chi connectivity index (χ0) is 20.2. The average molecular weight is 398 g/mol. The normalized spacial score (nSPS) is 19.8. The topological polar surface area (TPSA) is 90.7 Å². The Morgan fingerprint density at radius 2 is 1.90 bits per heavy atom. The molecular formula is C22H26N2O5. The van der Waals surface area contributed by atoms with Crippen molar-refractivity contribution in [2.24, 2.45) is 0 Å². The smallest absolute Gasteiger partial charge is 0.414 e. The van der Waals surface area contributed by atoms with E-state index in [1.165, 1.54) is 32.1 Å². The number of nitrogens with one attached hydrogen (secondary N) is 1. The molecule has 2 aliphatic rings. The van der Waals surface area contributed by atoms with Crippen LogP contribution in [0.25, 0.3) is 0 Å². The van der Waals surface area contributed by atoms with Crippen molar-refractivity contribution in [3.05, 3.63) is 47.2 Å². The van der Waals surface area contributed by atoms with Gasteiger partial charge in [-0.25, -0.2) is 9.78 Å². The number of benzene rings is 1. The van der Waals surface area contributed by atoms with Gasteiger partial charge in [0.05, 0.1) is 12.3 Å². The Morgan fingerprint density at radius 3 is 2.59 bits per heavy atom. The largest absolute Gasteiger partial charge is 0.493 e. The highest BCUT2D eigenvalue weighted by molar-refractivity contribution is 6.00. The first-order valence-corrected chi connectivity index (χ1v) is 10.3. The van der Waals surface area contributed by atoms with Gasteiger partial charge < -0.3 is 13.9 Å². The molecule has 2 heterocycles. The second-order valence-electron chi connectivity index (χ2n) is 7.72. The van der Waals surface area contributed by atoms with Gasteiger partial charge in [0.1, 0.15) is 11.5 Å². The molecular weight excluding hydrogens is 372 g/mol. The van der Waals surface area contributed by atoms with Crippen LogP contribution in [0.5, 0.6) is 5.75 Å². The lowest BCUT2D eigenvalue weighted by atomic mass is 9.89. The van der Waals surface area contributed by atoms with Crippen molar-refractivity contribution in [3.63, 3.8) is 0 Å². The number of imide groups is 1. The third-order valence-electron chi connectivity index (χ3n) is 5.58. The van der Waals surface area contributed by atoms with E-state index in [0.29, 0.717) is 25.4 Å². The van der Waals surface area contributed by atoms with Crippen LogP contribution in [-0.4, -0.2) is 29.7 Å². The Bertz CT molecular complexity index is 868. The lowest BCUT2D eigenvalue weighted by Crippen LogP contribution is -2.25. The molecule has 7 nitrogen and oxygen atoms in total. The minimum absolute atomic E-state index is 0.347.